The highest BCUT2D eigenvalue weighted by Crippen LogP contribution is 2.15. The molecule has 0 atom stereocenters. The van der Waals surface area contributed by atoms with E-state index in [1.54, 1.807) is 31.4 Å². The van der Waals surface area contributed by atoms with Crippen LogP contribution in [0.3, 0.4) is 0 Å². The Hall–Kier alpha value is -3.26. The van der Waals surface area contributed by atoms with Gasteiger partial charge in [-0.3, -0.25) is 4.79 Å². The van der Waals surface area contributed by atoms with Crippen molar-refractivity contribution < 1.29 is 9.53 Å². The molecule has 0 fully saturated rings. The van der Waals surface area contributed by atoms with Gasteiger partial charge in [0.2, 0.25) is 0 Å². The topological polar surface area (TPSA) is 74.1 Å². The van der Waals surface area contributed by atoms with Crippen LogP contribution in [-0.4, -0.2) is 19.6 Å². The van der Waals surface area contributed by atoms with E-state index in [2.05, 4.69) is 10.6 Å². The summed E-state index contributed by atoms with van der Waals surface area (Å²) in [5.74, 6) is 0.345. The van der Waals surface area contributed by atoms with Crippen LogP contribution in [0.5, 0.6) is 5.75 Å². The molecule has 0 aliphatic rings. The average Bonchev–Trinajstić information content (AvgIpc) is 2.63. The van der Waals surface area contributed by atoms with Crippen LogP contribution >= 0.6 is 0 Å². The van der Waals surface area contributed by atoms with Crippen molar-refractivity contribution in [2.45, 2.75) is 6.42 Å². The van der Waals surface area contributed by atoms with Gasteiger partial charge in [-0.05, 0) is 36.2 Å². The number of methoxy groups -OCH3 is 1. The van der Waals surface area contributed by atoms with Gasteiger partial charge in [0.05, 0.1) is 7.11 Å². The molecule has 1 amide bonds. The first-order chi connectivity index (χ1) is 11.7. The zero-order valence-electron chi connectivity index (χ0n) is 13.5. The maximum Gasteiger partial charge on any atom is 0.263 e. The first kappa shape index (κ1) is 17.1. The Labute approximate surface area is 141 Å². The molecule has 0 heterocycles. The number of anilines is 1. The molecule has 2 rings (SSSR count). The third kappa shape index (κ3) is 5.18. The lowest BCUT2D eigenvalue weighted by atomic mass is 10.1. The first-order valence-electron chi connectivity index (χ1n) is 7.56. The number of nitriles is 1. The molecule has 122 valence electrons. The lowest BCUT2D eigenvalue weighted by Crippen LogP contribution is -2.27. The number of hydrogen-bond donors (Lipinski definition) is 2. The summed E-state index contributed by atoms with van der Waals surface area (Å²) < 4.78 is 5.08. The third-order valence-corrected chi connectivity index (χ3v) is 3.38. The molecule has 0 aliphatic carbocycles. The Morgan fingerprint density at radius 3 is 2.50 bits per heavy atom. The van der Waals surface area contributed by atoms with E-state index in [1.165, 1.54) is 6.20 Å². The minimum absolute atomic E-state index is 0.0267. The summed E-state index contributed by atoms with van der Waals surface area (Å²) >= 11 is 0. The summed E-state index contributed by atoms with van der Waals surface area (Å²) in [5.41, 5.74) is 1.93. The van der Waals surface area contributed by atoms with Crippen molar-refractivity contribution in [1.82, 2.24) is 5.32 Å². The minimum Gasteiger partial charge on any atom is -0.497 e. The molecule has 5 nitrogen and oxygen atoms in total. The fourth-order valence-corrected chi connectivity index (χ4v) is 2.05. The molecule has 0 spiro atoms. The van der Waals surface area contributed by atoms with Gasteiger partial charge in [0, 0.05) is 18.4 Å². The number of hydrogen-bond acceptors (Lipinski definition) is 4. The van der Waals surface area contributed by atoms with E-state index in [-0.39, 0.29) is 5.57 Å². The maximum atomic E-state index is 12.0. The van der Waals surface area contributed by atoms with Gasteiger partial charge in [-0.2, -0.15) is 5.26 Å². The number of carbonyl (C=O) groups is 1. The summed E-state index contributed by atoms with van der Waals surface area (Å²) in [5, 5.41) is 14.8. The highest BCUT2D eigenvalue weighted by atomic mass is 16.5. The van der Waals surface area contributed by atoms with Crippen LogP contribution in [0.2, 0.25) is 0 Å². The number of rotatable bonds is 7. The normalized spacial score (nSPS) is 10.6. The Morgan fingerprint density at radius 2 is 1.88 bits per heavy atom. The number of ether oxygens (including phenoxy) is 1. The van der Waals surface area contributed by atoms with Crippen molar-refractivity contribution >= 4 is 11.6 Å². The van der Waals surface area contributed by atoms with Crippen molar-refractivity contribution in [2.24, 2.45) is 0 Å². The zero-order valence-corrected chi connectivity index (χ0v) is 13.5. The molecule has 2 aromatic carbocycles. The number of nitrogens with one attached hydrogen (secondary N) is 2. The summed E-state index contributed by atoms with van der Waals surface area (Å²) in [7, 11) is 1.59. The molecule has 2 N–H and O–H groups in total. The van der Waals surface area contributed by atoms with Crippen LogP contribution in [0, 0.1) is 11.3 Å². The van der Waals surface area contributed by atoms with E-state index < -0.39 is 5.91 Å². The van der Waals surface area contributed by atoms with E-state index in [9.17, 15) is 4.79 Å². The van der Waals surface area contributed by atoms with Gasteiger partial charge < -0.3 is 15.4 Å². The largest absolute Gasteiger partial charge is 0.497 e. The molecular formula is C19H19N3O2. The number of nitrogens with zero attached hydrogens (tertiary/aromatic N) is 1. The smallest absolute Gasteiger partial charge is 0.263 e. The standard InChI is InChI=1S/C19H19N3O2/c1-24-18-9-7-17(8-10-18)22-14-16(13-20)19(23)21-12-11-15-5-3-2-4-6-15/h2-10,14,22H,11-12H2,1H3,(H,21,23)/b16-14-. The van der Waals surface area contributed by atoms with Gasteiger partial charge >= 0.3 is 0 Å². The molecular weight excluding hydrogens is 302 g/mol. The van der Waals surface area contributed by atoms with Crippen molar-refractivity contribution in [3.05, 3.63) is 71.9 Å². The van der Waals surface area contributed by atoms with Crippen LogP contribution in [-0.2, 0) is 11.2 Å². The fraction of sp³-hybridized carbons (Fsp3) is 0.158. The van der Waals surface area contributed by atoms with Crippen molar-refractivity contribution in [2.75, 3.05) is 19.0 Å². The van der Waals surface area contributed by atoms with Gasteiger partial charge in [0.25, 0.3) is 5.91 Å². The van der Waals surface area contributed by atoms with Crippen molar-refractivity contribution in [3.8, 4) is 11.8 Å². The highest BCUT2D eigenvalue weighted by molar-refractivity contribution is 5.97. The molecule has 24 heavy (non-hydrogen) atoms. The summed E-state index contributed by atoms with van der Waals surface area (Å²) in [4.78, 5) is 12.0. The van der Waals surface area contributed by atoms with E-state index in [0.717, 1.165) is 23.4 Å². The molecule has 0 aliphatic heterocycles. The molecule has 0 bridgehead atoms. The van der Waals surface area contributed by atoms with Crippen LogP contribution in [0.25, 0.3) is 0 Å². The van der Waals surface area contributed by atoms with Crippen LogP contribution < -0.4 is 15.4 Å². The van der Waals surface area contributed by atoms with Gasteiger partial charge in [0.1, 0.15) is 17.4 Å². The maximum absolute atomic E-state index is 12.0. The number of benzene rings is 2. The third-order valence-electron chi connectivity index (χ3n) is 3.38. The molecule has 0 saturated carbocycles. The van der Waals surface area contributed by atoms with Crippen molar-refractivity contribution in [3.63, 3.8) is 0 Å². The SMILES string of the molecule is COc1ccc(N/C=C(/C#N)C(=O)NCCc2ccccc2)cc1. The quantitative estimate of drug-likeness (QED) is 0.607. The minimum atomic E-state index is -0.394. The Morgan fingerprint density at radius 1 is 1.17 bits per heavy atom. The van der Waals surface area contributed by atoms with E-state index in [0.29, 0.717) is 6.54 Å². The molecule has 0 radical (unpaired) electrons. The van der Waals surface area contributed by atoms with Crippen LogP contribution in [0.1, 0.15) is 5.56 Å². The Kier molecular flexibility index (Phi) is 6.42. The predicted molar refractivity (Wildman–Crippen MR) is 93.5 cm³/mol. The fourth-order valence-electron chi connectivity index (χ4n) is 2.05. The van der Waals surface area contributed by atoms with Gasteiger partial charge in [-0.15, -0.1) is 0 Å². The first-order valence-corrected chi connectivity index (χ1v) is 7.56. The second kappa shape index (κ2) is 9.01. The van der Waals surface area contributed by atoms with Crippen LogP contribution in [0.4, 0.5) is 5.69 Å². The Balaban J connectivity index is 1.87. The van der Waals surface area contributed by atoms with Crippen molar-refractivity contribution in [1.29, 1.82) is 5.26 Å². The zero-order chi connectivity index (χ0) is 17.2. The van der Waals surface area contributed by atoms with E-state index in [1.807, 2.05) is 36.4 Å². The predicted octanol–water partition coefficient (Wildman–Crippen LogP) is 2.87. The summed E-state index contributed by atoms with van der Waals surface area (Å²) in [6, 6.07) is 19.0. The second-order valence-electron chi connectivity index (χ2n) is 5.03. The molecule has 0 aromatic heterocycles. The average molecular weight is 321 g/mol. The molecule has 2 aromatic rings. The van der Waals surface area contributed by atoms with E-state index in [4.69, 9.17) is 10.00 Å². The molecule has 0 saturated heterocycles. The monoisotopic (exact) mass is 321 g/mol. The number of amides is 1. The summed E-state index contributed by atoms with van der Waals surface area (Å²) in [6.07, 6.45) is 2.12. The second-order valence-corrected chi connectivity index (χ2v) is 5.03. The number of carbonyl (C=O) groups excluding carboxylic acids is 1. The van der Waals surface area contributed by atoms with Gasteiger partial charge in [0.15, 0.2) is 0 Å². The van der Waals surface area contributed by atoms with Crippen LogP contribution in [0.15, 0.2) is 66.4 Å². The lowest BCUT2D eigenvalue weighted by molar-refractivity contribution is -0.117. The van der Waals surface area contributed by atoms with Gasteiger partial charge in [-0.1, -0.05) is 30.3 Å². The molecule has 5 heteroatoms. The highest BCUT2D eigenvalue weighted by Gasteiger charge is 2.08. The summed E-state index contributed by atoms with van der Waals surface area (Å²) in [6.45, 7) is 0.477. The van der Waals surface area contributed by atoms with E-state index >= 15 is 0 Å². The molecule has 0 unspecified atom stereocenters. The Bertz CT molecular complexity index is 731. The van der Waals surface area contributed by atoms with Gasteiger partial charge in [-0.25, -0.2) is 0 Å². The lowest BCUT2D eigenvalue weighted by Gasteiger charge is -2.06.